The molecule has 0 aliphatic heterocycles. The molecule has 2 nitrogen and oxygen atoms in total. The number of allylic oxidation sites excluding steroid dienone is 6. The van der Waals surface area contributed by atoms with Gasteiger partial charge in [0.15, 0.2) is 5.78 Å². The smallest absolute Gasteiger partial charge is 0.158 e. The molecule has 0 atom stereocenters. The minimum absolute atomic E-state index is 0. The van der Waals surface area contributed by atoms with Crippen LogP contribution in [0.15, 0.2) is 35.6 Å². The van der Waals surface area contributed by atoms with Crippen LogP contribution in [0.3, 0.4) is 0 Å². The Hall–Kier alpha value is -0.661. The molecule has 0 unspecified atom stereocenters. The van der Waals surface area contributed by atoms with E-state index in [1.165, 1.54) is 39.5 Å². The van der Waals surface area contributed by atoms with Crippen LogP contribution in [-0.4, -0.2) is 10.9 Å². The van der Waals surface area contributed by atoms with E-state index in [1.54, 1.807) is 6.92 Å². The summed E-state index contributed by atoms with van der Waals surface area (Å²) in [5.74, 6) is 0.0301. The van der Waals surface area contributed by atoms with Gasteiger partial charge in [0.1, 0.15) is 0 Å². The number of carbonyl (C=O) groups is 1. The number of aliphatic hydroxyl groups is 1. The van der Waals surface area contributed by atoms with Crippen LogP contribution in [0.1, 0.15) is 46.5 Å². The number of rotatable bonds is 1. The molecule has 17 heavy (non-hydrogen) atoms. The van der Waals surface area contributed by atoms with E-state index in [0.29, 0.717) is 5.57 Å². The van der Waals surface area contributed by atoms with Crippen LogP contribution in [0.5, 0.6) is 0 Å². The van der Waals surface area contributed by atoms with Crippen molar-refractivity contribution < 1.29 is 30.0 Å². The van der Waals surface area contributed by atoms with E-state index in [4.69, 9.17) is 5.11 Å². The van der Waals surface area contributed by atoms with E-state index < -0.39 is 0 Å². The molecule has 1 N–H and O–H groups in total. The standard InChI is InChI=1S/C8H12.C6H10O2.Ir/c1-2-4-6-8-7-5-3-1;1-4(5(2)7)6(3)8;/h1-2,7-8H,3-6H2;7H,1-3H3;/b2-1-,8-7-;5-4-;. The first-order valence-electron chi connectivity index (χ1n) is 5.73. The maximum absolute atomic E-state index is 10.4. The molecule has 0 bridgehead atoms. The fourth-order valence-corrected chi connectivity index (χ4v) is 1.11. The van der Waals surface area contributed by atoms with Crippen LogP contribution in [0.2, 0.25) is 0 Å². The second kappa shape index (κ2) is 11.8. The molecule has 0 aromatic rings. The molecule has 0 aromatic carbocycles. The largest absolute Gasteiger partial charge is 0.512 e. The maximum Gasteiger partial charge on any atom is 0.158 e. The van der Waals surface area contributed by atoms with Gasteiger partial charge in [-0.2, -0.15) is 0 Å². The molecule has 0 saturated heterocycles. The normalized spacial score (nSPS) is 19.2. The summed E-state index contributed by atoms with van der Waals surface area (Å²) in [7, 11) is 0. The van der Waals surface area contributed by atoms with Gasteiger partial charge in [0, 0.05) is 25.7 Å². The Morgan fingerprint density at radius 1 is 0.882 bits per heavy atom. The van der Waals surface area contributed by atoms with Crippen molar-refractivity contribution >= 4 is 5.78 Å². The number of hydrogen-bond donors (Lipinski definition) is 1. The fraction of sp³-hybridized carbons (Fsp3) is 0.500. The Bertz CT molecular complexity index is 271. The molecular formula is C14H22IrO2. The van der Waals surface area contributed by atoms with Crippen LogP contribution >= 0.6 is 0 Å². The molecular weight excluding hydrogens is 392 g/mol. The van der Waals surface area contributed by atoms with Gasteiger partial charge in [0.2, 0.25) is 0 Å². The summed E-state index contributed by atoms with van der Waals surface area (Å²) in [6.07, 6.45) is 14.0. The maximum atomic E-state index is 10.4. The zero-order valence-electron chi connectivity index (χ0n) is 10.8. The molecule has 0 heterocycles. The third-order valence-electron chi connectivity index (χ3n) is 2.40. The Kier molecular flexibility index (Phi) is 13.0. The van der Waals surface area contributed by atoms with Crippen molar-refractivity contribution in [2.75, 3.05) is 0 Å². The van der Waals surface area contributed by atoms with Gasteiger partial charge >= 0.3 is 0 Å². The SMILES string of the molecule is C1=C\CC/C=C\CC/1.CC(=O)/C(C)=C(/C)O.[Ir]. The van der Waals surface area contributed by atoms with Crippen molar-refractivity contribution in [2.24, 2.45) is 0 Å². The molecule has 3 heteroatoms. The van der Waals surface area contributed by atoms with Crippen molar-refractivity contribution in [1.29, 1.82) is 0 Å². The van der Waals surface area contributed by atoms with E-state index in [-0.39, 0.29) is 31.6 Å². The van der Waals surface area contributed by atoms with Gasteiger partial charge in [0.25, 0.3) is 0 Å². The molecule has 0 spiro atoms. The summed E-state index contributed by atoms with van der Waals surface area (Å²) in [6, 6.07) is 0. The Morgan fingerprint density at radius 2 is 1.18 bits per heavy atom. The molecule has 1 aliphatic rings. The molecule has 1 radical (unpaired) electrons. The van der Waals surface area contributed by atoms with Gasteiger partial charge in [-0.05, 0) is 46.5 Å². The Labute approximate surface area is 118 Å². The first-order chi connectivity index (χ1) is 7.55. The van der Waals surface area contributed by atoms with E-state index in [0.717, 1.165) is 0 Å². The predicted octanol–water partition coefficient (Wildman–Crippen LogP) is 4.10. The number of carbonyl (C=O) groups excluding carboxylic acids is 1. The van der Waals surface area contributed by atoms with E-state index in [2.05, 4.69) is 24.3 Å². The average molecular weight is 415 g/mol. The fourth-order valence-electron chi connectivity index (χ4n) is 1.11. The average Bonchev–Trinajstić information content (AvgIpc) is 2.16. The second-order valence-electron chi connectivity index (χ2n) is 3.86. The summed E-state index contributed by atoms with van der Waals surface area (Å²) < 4.78 is 0. The van der Waals surface area contributed by atoms with Gasteiger partial charge in [-0.25, -0.2) is 0 Å². The van der Waals surface area contributed by atoms with Gasteiger partial charge in [-0.3, -0.25) is 4.79 Å². The monoisotopic (exact) mass is 415 g/mol. The molecule has 0 fully saturated rings. The molecule has 0 amide bonds. The summed E-state index contributed by atoms with van der Waals surface area (Å²) in [5.41, 5.74) is 0.435. The minimum atomic E-state index is -0.0787. The summed E-state index contributed by atoms with van der Waals surface area (Å²) in [6.45, 7) is 4.52. The number of Topliss-reactive ketones (excluding diaryl/α,β-unsaturated/α-hetero) is 1. The quantitative estimate of drug-likeness (QED) is 0.399. The molecule has 0 aromatic heterocycles. The zero-order valence-corrected chi connectivity index (χ0v) is 13.2. The molecule has 1 rings (SSSR count). The van der Waals surface area contributed by atoms with Gasteiger partial charge in [0.05, 0.1) is 5.76 Å². The molecule has 99 valence electrons. The second-order valence-corrected chi connectivity index (χ2v) is 3.86. The van der Waals surface area contributed by atoms with Crippen LogP contribution < -0.4 is 0 Å². The van der Waals surface area contributed by atoms with E-state index in [1.807, 2.05) is 0 Å². The van der Waals surface area contributed by atoms with Crippen LogP contribution in [0.25, 0.3) is 0 Å². The Balaban J connectivity index is 0. The number of aliphatic hydroxyl groups excluding tert-OH is 1. The summed E-state index contributed by atoms with van der Waals surface area (Å²) in [4.78, 5) is 10.4. The van der Waals surface area contributed by atoms with Crippen molar-refractivity contribution in [3.05, 3.63) is 35.6 Å². The third kappa shape index (κ3) is 11.6. The first kappa shape index (κ1) is 18.7. The van der Waals surface area contributed by atoms with Crippen molar-refractivity contribution in [3.8, 4) is 0 Å². The van der Waals surface area contributed by atoms with Crippen LogP contribution in [-0.2, 0) is 24.9 Å². The third-order valence-corrected chi connectivity index (χ3v) is 2.40. The van der Waals surface area contributed by atoms with Crippen molar-refractivity contribution in [3.63, 3.8) is 0 Å². The molecule has 1 aliphatic carbocycles. The van der Waals surface area contributed by atoms with Crippen molar-refractivity contribution in [2.45, 2.75) is 46.5 Å². The van der Waals surface area contributed by atoms with E-state index in [9.17, 15) is 4.79 Å². The number of ketones is 1. The van der Waals surface area contributed by atoms with Crippen LogP contribution in [0.4, 0.5) is 0 Å². The Morgan fingerprint density at radius 3 is 1.29 bits per heavy atom. The van der Waals surface area contributed by atoms with E-state index >= 15 is 0 Å². The summed E-state index contributed by atoms with van der Waals surface area (Å²) in [5, 5.41) is 8.65. The zero-order chi connectivity index (χ0) is 12.4. The molecule has 0 saturated carbocycles. The summed E-state index contributed by atoms with van der Waals surface area (Å²) >= 11 is 0. The number of hydrogen-bond acceptors (Lipinski definition) is 2. The minimum Gasteiger partial charge on any atom is -0.512 e. The van der Waals surface area contributed by atoms with Gasteiger partial charge in [-0.1, -0.05) is 24.3 Å². The first-order valence-corrected chi connectivity index (χ1v) is 5.73. The topological polar surface area (TPSA) is 37.3 Å². The van der Waals surface area contributed by atoms with Gasteiger partial charge < -0.3 is 5.11 Å². The van der Waals surface area contributed by atoms with Gasteiger partial charge in [-0.15, -0.1) is 0 Å². The van der Waals surface area contributed by atoms with Crippen molar-refractivity contribution in [1.82, 2.24) is 0 Å². The predicted molar refractivity (Wildman–Crippen MR) is 68.4 cm³/mol. The van der Waals surface area contributed by atoms with Crippen LogP contribution in [0, 0.1) is 0 Å².